The highest BCUT2D eigenvalue weighted by molar-refractivity contribution is 14.1. The Balaban J connectivity index is 4.63. The fraction of sp³-hybridized carbons (Fsp3) is 0.833. The van der Waals surface area contributed by atoms with Gasteiger partial charge in [0.1, 0.15) is 0 Å². The minimum absolute atomic E-state index is 0.718. The molecule has 0 unspecified atom stereocenters. The van der Waals surface area contributed by atoms with E-state index in [4.69, 9.17) is 0 Å². The van der Waals surface area contributed by atoms with Crippen LogP contribution in [0.1, 0.15) is 17.5 Å². The van der Waals surface area contributed by atoms with Gasteiger partial charge < -0.3 is 0 Å². The van der Waals surface area contributed by atoms with E-state index in [-0.39, 0.29) is 0 Å². The predicted molar refractivity (Wildman–Crippen MR) is 133 cm³/mol. The molecule has 36 heteroatoms. The van der Waals surface area contributed by atoms with E-state index in [2.05, 4.69) is 0 Å². The van der Waals surface area contributed by atoms with E-state index in [1.807, 2.05) is 0 Å². The topological polar surface area (TPSA) is 38.7 Å². The van der Waals surface area contributed by atoms with Crippen LogP contribution in [-0.4, -0.2) is 80.0 Å². The van der Waals surface area contributed by atoms with Gasteiger partial charge in [0, 0.05) is 67.8 Å². The summed E-state index contributed by atoms with van der Waals surface area (Å²) >= 11 is -3.62. The lowest BCUT2D eigenvalue weighted by molar-refractivity contribution is -0.394. The molecule has 0 aliphatic heterocycles. The Morgan fingerprint density at radius 3 is 0.463 bits per heavy atom. The highest BCUT2D eigenvalue weighted by atomic mass is 127. The zero-order valence-electron chi connectivity index (χ0n) is 22.8. The summed E-state index contributed by atoms with van der Waals surface area (Å²) in [5.74, 6) is -116. The Kier molecular flexibility index (Phi) is 12.6. The molecule has 3 nitrogen and oxygen atoms in total. The van der Waals surface area contributed by atoms with Gasteiger partial charge in [-0.25, -0.2) is 15.0 Å². The Morgan fingerprint density at radius 1 is 0.222 bits per heavy atom. The number of alkyl halides is 33. The smallest absolute Gasteiger partial charge is 0.205 e. The lowest BCUT2D eigenvalue weighted by atomic mass is 9.96. The van der Waals surface area contributed by atoms with E-state index in [1.54, 1.807) is 0 Å². The van der Waals surface area contributed by atoms with Gasteiger partial charge in [0.25, 0.3) is 0 Å². The SMILES string of the molecule is FC(F)(I)C(F)(F)C(F)(F)C(F)(F)C(F)(F)c1nc(C(F)(F)C(F)(F)C(F)(F)C(F)(F)C(F)(F)I)nc(C(F)(F)C(F)(F)C(F)(F)C(F)(F)C(F)(F)I)n1. The van der Waals surface area contributed by atoms with Gasteiger partial charge >= 0.3 is 82.9 Å². The average molecular weight is 1210 g/mol. The molecule has 0 aromatic carbocycles. The zero-order valence-corrected chi connectivity index (χ0v) is 29.3. The number of hydrogen-bond acceptors (Lipinski definition) is 3. The van der Waals surface area contributed by atoms with Crippen LogP contribution >= 0.6 is 67.8 Å². The van der Waals surface area contributed by atoms with Crippen molar-refractivity contribution in [1.29, 1.82) is 0 Å². The van der Waals surface area contributed by atoms with Crippen LogP contribution in [-0.2, 0) is 17.8 Å². The van der Waals surface area contributed by atoms with Crippen molar-refractivity contribution in [2.75, 3.05) is 0 Å². The van der Waals surface area contributed by atoms with Gasteiger partial charge in [0.15, 0.2) is 0 Å². The molecule has 54 heavy (non-hydrogen) atoms. The van der Waals surface area contributed by atoms with E-state index in [1.165, 1.54) is 0 Å². The molecule has 0 bridgehead atoms. The van der Waals surface area contributed by atoms with Crippen LogP contribution in [0.25, 0.3) is 0 Å². The molecule has 1 rings (SSSR count). The molecule has 0 spiro atoms. The van der Waals surface area contributed by atoms with Gasteiger partial charge in [0.05, 0.1) is 0 Å². The highest BCUT2D eigenvalue weighted by Gasteiger charge is 2.90. The standard InChI is InChI=1S/C18F30I3N3/c19-4(20,7(25,26)10(31,32)13(37,38)16(43,44)49)1-52-2(5(21,22)8(27,28)11(33,34)14(39,40)17(45,46)50)54-3(53-1)6(23,24)9(29,30)12(35,36)15(41,42)18(47,48)51. The summed E-state index contributed by atoms with van der Waals surface area (Å²) in [5.41, 5.74) is 0. The van der Waals surface area contributed by atoms with Crippen molar-refractivity contribution in [3.05, 3.63) is 17.5 Å². The minimum atomic E-state index is -8.70. The molecule has 0 N–H and O–H groups in total. The summed E-state index contributed by atoms with van der Waals surface area (Å²) in [6.07, 6.45) is 0. The van der Waals surface area contributed by atoms with Crippen molar-refractivity contribution < 1.29 is 132 Å². The van der Waals surface area contributed by atoms with Crippen LogP contribution in [0.4, 0.5) is 132 Å². The lowest BCUT2D eigenvalue weighted by Crippen LogP contribution is -2.66. The number of halogens is 33. The third kappa shape index (κ3) is 6.82. The van der Waals surface area contributed by atoms with Crippen LogP contribution in [0.2, 0.25) is 0 Å². The van der Waals surface area contributed by atoms with Crippen molar-refractivity contribution in [3.63, 3.8) is 0 Å². The summed E-state index contributed by atoms with van der Waals surface area (Å²) in [6.45, 7) is 0. The van der Waals surface area contributed by atoms with Gasteiger partial charge in [-0.05, 0) is 0 Å². The molecule has 0 atom stereocenters. The third-order valence-corrected chi connectivity index (χ3v) is 8.13. The second-order valence-corrected chi connectivity index (χ2v) is 13.8. The molecule has 0 aliphatic carbocycles. The second kappa shape index (κ2) is 13.3. The summed E-state index contributed by atoms with van der Waals surface area (Å²) in [4.78, 5) is 2.15. The zero-order chi connectivity index (χ0) is 44.4. The molecule has 0 fully saturated rings. The Morgan fingerprint density at radius 2 is 0.352 bits per heavy atom. The van der Waals surface area contributed by atoms with E-state index in [9.17, 15) is 132 Å². The van der Waals surface area contributed by atoms with Gasteiger partial charge in [0.2, 0.25) is 17.5 Å². The third-order valence-electron chi connectivity index (χ3n) is 6.10. The first-order valence-electron chi connectivity index (χ1n) is 11.3. The fourth-order valence-electron chi connectivity index (χ4n) is 2.94. The Labute approximate surface area is 313 Å². The number of aromatic nitrogens is 3. The van der Waals surface area contributed by atoms with Gasteiger partial charge in [-0.2, -0.15) is 132 Å². The molecular formula is C18F30I3N3. The van der Waals surface area contributed by atoms with Crippen LogP contribution in [0.5, 0.6) is 0 Å². The minimum Gasteiger partial charge on any atom is -0.205 e. The maximum absolute atomic E-state index is 14.7. The molecule has 0 aliphatic rings. The summed E-state index contributed by atoms with van der Waals surface area (Å²) in [7, 11) is 0. The lowest BCUT2D eigenvalue weighted by Gasteiger charge is -2.39. The molecular weight excluding hydrogens is 1210 g/mol. The van der Waals surface area contributed by atoms with E-state index < -0.39 is 168 Å². The second-order valence-electron chi connectivity index (χ2n) is 9.69. The summed E-state index contributed by atoms with van der Waals surface area (Å²) < 4.78 is 396. The molecule has 0 amide bonds. The predicted octanol–water partition coefficient (Wildman–Crippen LogP) is 11.9. The normalized spacial score (nSPS) is 16.6. The van der Waals surface area contributed by atoms with Gasteiger partial charge in [-0.3, -0.25) is 0 Å². The summed E-state index contributed by atoms with van der Waals surface area (Å²) in [6, 6.07) is 0. The fourth-order valence-corrected chi connectivity index (χ4v) is 3.95. The van der Waals surface area contributed by atoms with Crippen molar-refractivity contribution in [3.8, 4) is 0 Å². The number of rotatable bonds is 15. The van der Waals surface area contributed by atoms with Crippen molar-refractivity contribution in [1.82, 2.24) is 15.0 Å². The molecule has 318 valence electrons. The largest absolute Gasteiger partial charge is 0.387 e. The Bertz CT molecular complexity index is 1360. The number of hydrogen-bond donors (Lipinski definition) is 0. The average Bonchev–Trinajstić information content (AvgIpc) is 2.94. The first-order valence-corrected chi connectivity index (χ1v) is 14.6. The Hall–Kier alpha value is -0.900. The van der Waals surface area contributed by atoms with E-state index in [0.717, 1.165) is 15.0 Å². The van der Waals surface area contributed by atoms with Crippen molar-refractivity contribution >= 4 is 67.8 Å². The molecule has 1 heterocycles. The van der Waals surface area contributed by atoms with Crippen LogP contribution in [0.3, 0.4) is 0 Å². The highest BCUT2D eigenvalue weighted by Crippen LogP contribution is 2.64. The molecule has 1 aromatic heterocycles. The molecule has 0 radical (unpaired) electrons. The molecule has 0 saturated heterocycles. The molecule has 0 saturated carbocycles. The van der Waals surface area contributed by atoms with Crippen LogP contribution in [0, 0.1) is 0 Å². The van der Waals surface area contributed by atoms with Gasteiger partial charge in [-0.1, -0.05) is 0 Å². The van der Waals surface area contributed by atoms with E-state index >= 15 is 0 Å². The van der Waals surface area contributed by atoms with Crippen LogP contribution in [0.15, 0.2) is 0 Å². The molecule has 1 aromatic rings. The van der Waals surface area contributed by atoms with Gasteiger partial charge in [-0.15, -0.1) is 0 Å². The van der Waals surface area contributed by atoms with Crippen molar-refractivity contribution in [2.24, 2.45) is 0 Å². The maximum Gasteiger partial charge on any atom is 0.387 e. The van der Waals surface area contributed by atoms with Crippen molar-refractivity contribution in [2.45, 2.75) is 82.9 Å². The monoisotopic (exact) mass is 1210 g/mol. The van der Waals surface area contributed by atoms with Crippen LogP contribution < -0.4 is 0 Å². The maximum atomic E-state index is 14.7. The van der Waals surface area contributed by atoms with E-state index in [0.29, 0.717) is 0 Å². The first kappa shape index (κ1) is 51.1. The first-order chi connectivity index (χ1) is 22.8. The summed E-state index contributed by atoms with van der Waals surface area (Å²) in [5, 5.41) is 0. The quantitative estimate of drug-likeness (QED) is 0.0998. The number of nitrogens with zero attached hydrogens (tertiary/aromatic N) is 3.